The molecule has 2 nitrogen and oxygen atoms in total. The van der Waals surface area contributed by atoms with E-state index in [1.807, 2.05) is 20.8 Å². The monoisotopic (exact) mass is 242 g/mol. The summed E-state index contributed by atoms with van der Waals surface area (Å²) in [6, 6.07) is 3.20. The summed E-state index contributed by atoms with van der Waals surface area (Å²) in [5.74, 6) is -0.190. The van der Waals surface area contributed by atoms with E-state index < -0.39 is 13.7 Å². The molecule has 0 radical (unpaired) electrons. The Hall–Kier alpha value is -0.573. The van der Waals surface area contributed by atoms with Crippen LogP contribution in [0.2, 0.25) is 18.1 Å². The van der Waals surface area contributed by atoms with E-state index in [1.165, 1.54) is 0 Å². The molecule has 94 valence electrons. The van der Waals surface area contributed by atoms with E-state index in [0.29, 0.717) is 0 Å². The molecule has 0 unspecified atom stereocenters. The van der Waals surface area contributed by atoms with Crippen LogP contribution in [0.3, 0.4) is 0 Å². The molecule has 0 rings (SSSR count). The lowest BCUT2D eigenvalue weighted by Crippen LogP contribution is -2.40. The molecule has 0 aliphatic heterocycles. The van der Waals surface area contributed by atoms with Crippen molar-refractivity contribution < 1.29 is 9.53 Å². The van der Waals surface area contributed by atoms with Crippen molar-refractivity contribution in [2.45, 2.75) is 65.3 Å². The Bertz CT molecular complexity index is 251. The molecule has 0 aliphatic rings. The molecule has 0 aromatic heterocycles. The Labute approximate surface area is 101 Å². The topological polar surface area (TPSA) is 26.3 Å². The van der Waals surface area contributed by atoms with Crippen LogP contribution in [0.1, 0.15) is 41.5 Å². The van der Waals surface area contributed by atoms with Crippen molar-refractivity contribution in [3.8, 4) is 0 Å². The molecule has 0 saturated heterocycles. The minimum absolute atomic E-state index is 0.190. The third-order valence-corrected chi connectivity index (χ3v) is 8.86. The van der Waals surface area contributed by atoms with Crippen LogP contribution < -0.4 is 0 Å². The van der Waals surface area contributed by atoms with Crippen LogP contribution in [0.5, 0.6) is 0 Å². The highest BCUT2D eigenvalue weighted by molar-refractivity contribution is 6.89. The van der Waals surface area contributed by atoms with E-state index in [-0.39, 0.29) is 5.97 Å². The molecule has 0 spiro atoms. The first-order valence-corrected chi connectivity index (χ1v) is 8.77. The zero-order valence-electron chi connectivity index (χ0n) is 11.6. The van der Waals surface area contributed by atoms with Crippen molar-refractivity contribution in [3.63, 3.8) is 0 Å². The fraction of sp³-hybridized carbons (Fsp3) is 0.769. The molecule has 0 bridgehead atoms. The van der Waals surface area contributed by atoms with Crippen molar-refractivity contribution in [1.29, 1.82) is 0 Å². The van der Waals surface area contributed by atoms with Gasteiger partial charge >= 0.3 is 5.97 Å². The molecule has 0 aliphatic carbocycles. The molecule has 0 saturated carbocycles. The molecular formula is C13H26O2Si. The molecular weight excluding hydrogens is 216 g/mol. The van der Waals surface area contributed by atoms with Crippen LogP contribution in [0.4, 0.5) is 0 Å². The second-order valence-electron chi connectivity index (χ2n) is 5.32. The number of hydrogen-bond acceptors (Lipinski definition) is 2. The van der Waals surface area contributed by atoms with E-state index in [0.717, 1.165) is 23.3 Å². The third kappa shape index (κ3) is 3.78. The summed E-state index contributed by atoms with van der Waals surface area (Å²) in [4.78, 5) is 12.0. The average Bonchev–Trinajstić information content (AvgIpc) is 2.18. The summed E-state index contributed by atoms with van der Waals surface area (Å²) in [6.07, 6.45) is 0. The van der Waals surface area contributed by atoms with Gasteiger partial charge in [-0.15, -0.1) is 0 Å². The molecule has 0 N–H and O–H groups in total. The van der Waals surface area contributed by atoms with Gasteiger partial charge in [0.1, 0.15) is 5.60 Å². The van der Waals surface area contributed by atoms with E-state index in [4.69, 9.17) is 4.74 Å². The van der Waals surface area contributed by atoms with Gasteiger partial charge in [-0.3, -0.25) is 0 Å². The molecule has 0 aromatic carbocycles. The van der Waals surface area contributed by atoms with Crippen LogP contribution in [0, 0.1) is 0 Å². The van der Waals surface area contributed by atoms with Gasteiger partial charge in [-0.2, -0.15) is 0 Å². The van der Waals surface area contributed by atoms with Crippen LogP contribution in [-0.4, -0.2) is 19.6 Å². The Balaban J connectivity index is 4.83. The number of carbonyl (C=O) groups excluding carboxylic acids is 1. The summed E-state index contributed by atoms with van der Waals surface area (Å²) >= 11 is 0. The second kappa shape index (κ2) is 5.67. The van der Waals surface area contributed by atoms with E-state index in [1.54, 1.807) is 0 Å². The Kier molecular flexibility index (Phi) is 5.46. The lowest BCUT2D eigenvalue weighted by atomic mass is 10.2. The summed E-state index contributed by atoms with van der Waals surface area (Å²) in [5.41, 5.74) is -0.421. The molecule has 0 heterocycles. The van der Waals surface area contributed by atoms with Crippen LogP contribution in [-0.2, 0) is 9.53 Å². The van der Waals surface area contributed by atoms with Gasteiger partial charge in [-0.25, -0.2) is 4.79 Å². The van der Waals surface area contributed by atoms with E-state index in [2.05, 4.69) is 27.4 Å². The number of hydrogen-bond donors (Lipinski definition) is 0. The highest BCUT2D eigenvalue weighted by Gasteiger charge is 2.36. The second-order valence-corrected chi connectivity index (χ2v) is 10.6. The quantitative estimate of drug-likeness (QED) is 0.415. The minimum Gasteiger partial charge on any atom is -0.457 e. The molecule has 0 amide bonds. The predicted molar refractivity (Wildman–Crippen MR) is 72.2 cm³/mol. The van der Waals surface area contributed by atoms with Gasteiger partial charge in [-0.05, 0) is 20.8 Å². The van der Waals surface area contributed by atoms with Gasteiger partial charge in [0.25, 0.3) is 0 Å². The SMILES string of the molecule is C=C(C(=O)OC(C)(C)C)[Si](CC)(CC)CC. The van der Waals surface area contributed by atoms with Gasteiger partial charge in [0.15, 0.2) is 0 Å². The summed E-state index contributed by atoms with van der Waals surface area (Å²) in [7, 11) is -1.65. The van der Waals surface area contributed by atoms with Crippen molar-refractivity contribution >= 4 is 14.0 Å². The Morgan fingerprint density at radius 1 is 1.12 bits per heavy atom. The van der Waals surface area contributed by atoms with Crippen molar-refractivity contribution in [1.82, 2.24) is 0 Å². The summed E-state index contributed by atoms with van der Waals surface area (Å²) in [5, 5.41) is 0.759. The van der Waals surface area contributed by atoms with Gasteiger partial charge in [-0.1, -0.05) is 45.5 Å². The summed E-state index contributed by atoms with van der Waals surface area (Å²) in [6.45, 7) is 16.2. The molecule has 16 heavy (non-hydrogen) atoms. The Morgan fingerprint density at radius 2 is 1.50 bits per heavy atom. The van der Waals surface area contributed by atoms with Gasteiger partial charge in [0, 0.05) is 5.20 Å². The number of esters is 1. The maximum absolute atomic E-state index is 12.0. The minimum atomic E-state index is -1.65. The largest absolute Gasteiger partial charge is 0.457 e. The van der Waals surface area contributed by atoms with Gasteiger partial charge in [0.2, 0.25) is 0 Å². The first-order valence-electron chi connectivity index (χ1n) is 6.15. The van der Waals surface area contributed by atoms with E-state index in [9.17, 15) is 4.79 Å². The lowest BCUT2D eigenvalue weighted by Gasteiger charge is -2.31. The molecule has 0 atom stereocenters. The van der Waals surface area contributed by atoms with Crippen molar-refractivity contribution in [3.05, 3.63) is 11.8 Å². The van der Waals surface area contributed by atoms with Crippen molar-refractivity contribution in [2.24, 2.45) is 0 Å². The zero-order chi connectivity index (χ0) is 13.0. The fourth-order valence-corrected chi connectivity index (χ4v) is 5.21. The zero-order valence-corrected chi connectivity index (χ0v) is 12.6. The first-order chi connectivity index (χ1) is 7.22. The number of rotatable bonds is 5. The number of carbonyl (C=O) groups is 1. The predicted octanol–water partition coefficient (Wildman–Crippen LogP) is 3.93. The molecule has 0 aromatic rings. The average molecular weight is 242 g/mol. The van der Waals surface area contributed by atoms with Crippen LogP contribution >= 0.6 is 0 Å². The molecule has 3 heteroatoms. The maximum atomic E-state index is 12.0. The lowest BCUT2D eigenvalue weighted by molar-refractivity contribution is -0.149. The summed E-state index contributed by atoms with van der Waals surface area (Å²) < 4.78 is 5.41. The van der Waals surface area contributed by atoms with Gasteiger partial charge < -0.3 is 4.74 Å². The third-order valence-electron chi connectivity index (χ3n) is 3.32. The highest BCUT2D eigenvalue weighted by atomic mass is 28.3. The van der Waals surface area contributed by atoms with Crippen LogP contribution in [0.15, 0.2) is 11.8 Å². The standard InChI is InChI=1S/C13H26O2Si/c1-8-16(9-2,10-3)11(4)12(14)15-13(5,6)7/h4,8-10H2,1-3,5-7H3. The fourth-order valence-electron chi connectivity index (χ4n) is 1.95. The van der Waals surface area contributed by atoms with Gasteiger partial charge in [0.05, 0.1) is 8.07 Å². The maximum Gasteiger partial charge on any atom is 0.329 e. The number of ether oxygens (including phenoxy) is 1. The van der Waals surface area contributed by atoms with Crippen LogP contribution in [0.25, 0.3) is 0 Å². The van der Waals surface area contributed by atoms with Crippen molar-refractivity contribution in [2.75, 3.05) is 0 Å². The smallest absolute Gasteiger partial charge is 0.329 e. The normalized spacial score (nSPS) is 12.4. The molecule has 0 fully saturated rings. The van der Waals surface area contributed by atoms with E-state index >= 15 is 0 Å². The first kappa shape index (κ1) is 15.4. The highest BCUT2D eigenvalue weighted by Crippen LogP contribution is 2.29. The Morgan fingerprint density at radius 3 is 1.75 bits per heavy atom.